The number of halogens is 1. The van der Waals surface area contributed by atoms with Gasteiger partial charge in [-0.25, -0.2) is 9.97 Å². The van der Waals surface area contributed by atoms with Gasteiger partial charge in [-0.3, -0.25) is 9.59 Å². The van der Waals surface area contributed by atoms with E-state index in [0.717, 1.165) is 19.3 Å². The van der Waals surface area contributed by atoms with Crippen molar-refractivity contribution >= 4 is 33.6 Å². The van der Waals surface area contributed by atoms with E-state index in [1.165, 1.54) is 12.4 Å². The molecule has 0 unspecified atom stereocenters. The summed E-state index contributed by atoms with van der Waals surface area (Å²) in [5.41, 5.74) is -0.925. The van der Waals surface area contributed by atoms with E-state index in [0.29, 0.717) is 23.3 Å². The van der Waals surface area contributed by atoms with Crippen molar-refractivity contribution in [2.75, 3.05) is 5.32 Å². The molecule has 1 aliphatic carbocycles. The number of nitrogens with zero attached hydrogens (tertiary/aromatic N) is 2. The van der Waals surface area contributed by atoms with E-state index >= 15 is 0 Å². The molecule has 1 amide bonds. The maximum absolute atomic E-state index is 12.0. The van der Waals surface area contributed by atoms with Crippen LogP contribution in [0.2, 0.25) is 0 Å². The van der Waals surface area contributed by atoms with Crippen LogP contribution < -0.4 is 5.32 Å². The van der Waals surface area contributed by atoms with E-state index < -0.39 is 11.4 Å². The zero-order valence-electron chi connectivity index (χ0n) is 10.9. The Balaban J connectivity index is 2.01. The van der Waals surface area contributed by atoms with Crippen LogP contribution in [0, 0.1) is 5.41 Å². The van der Waals surface area contributed by atoms with Gasteiger partial charge in [0.1, 0.15) is 4.60 Å². The van der Waals surface area contributed by atoms with E-state index in [2.05, 4.69) is 31.2 Å². The number of carboxylic acid groups (broad SMARTS) is 1. The Bertz CT molecular complexity index is 498. The van der Waals surface area contributed by atoms with Crippen LogP contribution in [-0.2, 0) is 9.59 Å². The zero-order valence-corrected chi connectivity index (χ0v) is 12.5. The minimum Gasteiger partial charge on any atom is -0.481 e. The summed E-state index contributed by atoms with van der Waals surface area (Å²) in [6.45, 7) is 0. The summed E-state index contributed by atoms with van der Waals surface area (Å²) in [5, 5.41) is 12.0. The summed E-state index contributed by atoms with van der Waals surface area (Å²) in [5.74, 6) is -0.880. The number of amides is 1. The summed E-state index contributed by atoms with van der Waals surface area (Å²) in [7, 11) is 0. The molecule has 1 saturated carbocycles. The van der Waals surface area contributed by atoms with Gasteiger partial charge in [-0.05, 0) is 28.8 Å². The van der Waals surface area contributed by atoms with Gasteiger partial charge < -0.3 is 10.4 Å². The first-order valence-corrected chi connectivity index (χ1v) is 7.32. The minimum absolute atomic E-state index is 0.0138. The number of rotatable bonds is 4. The molecule has 1 heterocycles. The molecule has 0 saturated heterocycles. The van der Waals surface area contributed by atoms with Gasteiger partial charge in [-0.15, -0.1) is 0 Å². The number of hydrogen-bond donors (Lipinski definition) is 2. The predicted molar refractivity (Wildman–Crippen MR) is 76.1 cm³/mol. The van der Waals surface area contributed by atoms with E-state index in [4.69, 9.17) is 0 Å². The van der Waals surface area contributed by atoms with Crippen LogP contribution in [0.15, 0.2) is 17.0 Å². The van der Waals surface area contributed by atoms with Crippen molar-refractivity contribution in [1.29, 1.82) is 0 Å². The second kappa shape index (κ2) is 6.30. The SMILES string of the molecule is O=C(CC1(C(=O)O)CCCCC1)Nc1cnc(Br)cn1. The number of hydrogen-bond acceptors (Lipinski definition) is 4. The molecule has 0 aromatic carbocycles. The lowest BCUT2D eigenvalue weighted by molar-refractivity contribution is -0.153. The van der Waals surface area contributed by atoms with Gasteiger partial charge in [0, 0.05) is 6.42 Å². The van der Waals surface area contributed by atoms with Gasteiger partial charge in [-0.2, -0.15) is 0 Å². The number of nitrogens with one attached hydrogen (secondary N) is 1. The van der Waals surface area contributed by atoms with Gasteiger partial charge in [-0.1, -0.05) is 19.3 Å². The van der Waals surface area contributed by atoms with Gasteiger partial charge in [0.2, 0.25) is 5.91 Å². The Morgan fingerprint density at radius 3 is 2.50 bits per heavy atom. The van der Waals surface area contributed by atoms with E-state index in [9.17, 15) is 14.7 Å². The van der Waals surface area contributed by atoms with Gasteiger partial charge in [0.15, 0.2) is 5.82 Å². The maximum Gasteiger partial charge on any atom is 0.310 e. The molecular formula is C13H16BrN3O3. The average molecular weight is 342 g/mol. The van der Waals surface area contributed by atoms with Gasteiger partial charge in [0.25, 0.3) is 0 Å². The monoisotopic (exact) mass is 341 g/mol. The summed E-state index contributed by atoms with van der Waals surface area (Å²) in [4.78, 5) is 31.5. The van der Waals surface area contributed by atoms with Crippen LogP contribution in [-0.4, -0.2) is 27.0 Å². The fraction of sp³-hybridized carbons (Fsp3) is 0.538. The molecule has 20 heavy (non-hydrogen) atoms. The van der Waals surface area contributed by atoms with Crippen molar-refractivity contribution in [2.45, 2.75) is 38.5 Å². The van der Waals surface area contributed by atoms with Crippen molar-refractivity contribution < 1.29 is 14.7 Å². The molecule has 6 nitrogen and oxygen atoms in total. The van der Waals surface area contributed by atoms with E-state index in [1.807, 2.05) is 0 Å². The molecule has 1 fully saturated rings. The van der Waals surface area contributed by atoms with Crippen molar-refractivity contribution in [1.82, 2.24) is 9.97 Å². The maximum atomic E-state index is 12.0. The highest BCUT2D eigenvalue weighted by Crippen LogP contribution is 2.39. The van der Waals surface area contributed by atoms with Crippen molar-refractivity contribution in [3.63, 3.8) is 0 Å². The number of anilines is 1. The normalized spacial score (nSPS) is 17.4. The molecule has 0 radical (unpaired) electrons. The fourth-order valence-corrected chi connectivity index (χ4v) is 2.77. The first kappa shape index (κ1) is 14.9. The third kappa shape index (κ3) is 3.53. The summed E-state index contributed by atoms with van der Waals surface area (Å²) in [6, 6.07) is 0. The second-order valence-corrected chi connectivity index (χ2v) is 5.91. The third-order valence-corrected chi connectivity index (χ3v) is 4.06. The van der Waals surface area contributed by atoms with Gasteiger partial charge in [0.05, 0.1) is 17.8 Å². The number of carboxylic acids is 1. The van der Waals surface area contributed by atoms with Crippen LogP contribution in [0.1, 0.15) is 38.5 Å². The number of carbonyl (C=O) groups excluding carboxylic acids is 1. The van der Waals surface area contributed by atoms with Crippen LogP contribution in [0.4, 0.5) is 5.82 Å². The van der Waals surface area contributed by atoms with Crippen LogP contribution in [0.3, 0.4) is 0 Å². The lowest BCUT2D eigenvalue weighted by atomic mass is 9.71. The lowest BCUT2D eigenvalue weighted by Crippen LogP contribution is -2.37. The minimum atomic E-state index is -0.925. The summed E-state index contributed by atoms with van der Waals surface area (Å²) < 4.78 is 0.574. The second-order valence-electron chi connectivity index (χ2n) is 5.10. The molecular weight excluding hydrogens is 326 g/mol. The lowest BCUT2D eigenvalue weighted by Gasteiger charge is -2.32. The smallest absolute Gasteiger partial charge is 0.310 e. The molecule has 0 aliphatic heterocycles. The molecule has 2 rings (SSSR count). The average Bonchev–Trinajstić information content (AvgIpc) is 2.42. The largest absolute Gasteiger partial charge is 0.481 e. The highest BCUT2D eigenvalue weighted by molar-refractivity contribution is 9.10. The molecule has 0 bridgehead atoms. The topological polar surface area (TPSA) is 92.2 Å². The number of carbonyl (C=O) groups is 2. The first-order valence-electron chi connectivity index (χ1n) is 6.53. The highest BCUT2D eigenvalue weighted by atomic mass is 79.9. The van der Waals surface area contributed by atoms with Crippen molar-refractivity contribution in [3.05, 3.63) is 17.0 Å². The molecule has 2 N–H and O–H groups in total. The Hall–Kier alpha value is -1.50. The molecule has 0 spiro atoms. The van der Waals surface area contributed by atoms with Crippen molar-refractivity contribution in [2.24, 2.45) is 5.41 Å². The standard InChI is InChI=1S/C13H16BrN3O3/c14-9-7-16-10(8-15-9)17-11(18)6-13(12(19)20)4-2-1-3-5-13/h7-8H,1-6H2,(H,19,20)(H,16,17,18). The molecule has 7 heteroatoms. The van der Waals surface area contributed by atoms with Crippen LogP contribution in [0.5, 0.6) is 0 Å². The first-order chi connectivity index (χ1) is 9.52. The zero-order chi connectivity index (χ0) is 14.6. The Morgan fingerprint density at radius 2 is 1.95 bits per heavy atom. The Labute approximate surface area is 125 Å². The summed E-state index contributed by atoms with van der Waals surface area (Å²) >= 11 is 3.15. The van der Waals surface area contributed by atoms with E-state index in [-0.39, 0.29) is 12.3 Å². The fourth-order valence-electron chi connectivity index (χ4n) is 2.57. The molecule has 108 valence electrons. The Morgan fingerprint density at radius 1 is 1.25 bits per heavy atom. The highest BCUT2D eigenvalue weighted by Gasteiger charge is 2.41. The number of aromatic nitrogens is 2. The quantitative estimate of drug-likeness (QED) is 0.877. The Kier molecular flexibility index (Phi) is 4.69. The molecule has 0 atom stereocenters. The predicted octanol–water partition coefficient (Wildman–Crippen LogP) is 2.60. The molecule has 1 aliphatic rings. The van der Waals surface area contributed by atoms with Crippen LogP contribution in [0.25, 0.3) is 0 Å². The van der Waals surface area contributed by atoms with Crippen molar-refractivity contribution in [3.8, 4) is 0 Å². The van der Waals surface area contributed by atoms with Gasteiger partial charge >= 0.3 is 5.97 Å². The molecule has 1 aromatic heterocycles. The summed E-state index contributed by atoms with van der Waals surface area (Å²) in [6.07, 6.45) is 6.76. The number of aliphatic carboxylic acids is 1. The molecule has 1 aromatic rings. The van der Waals surface area contributed by atoms with E-state index in [1.54, 1.807) is 0 Å². The third-order valence-electron chi connectivity index (χ3n) is 3.65. The van der Waals surface area contributed by atoms with Crippen LogP contribution >= 0.6 is 15.9 Å².